The topological polar surface area (TPSA) is 56.7 Å². The van der Waals surface area contributed by atoms with Crippen LogP contribution < -0.4 is 5.73 Å². The smallest absolute Gasteiger partial charge is 0.149 e. The van der Waals surface area contributed by atoms with E-state index in [0.717, 1.165) is 29.5 Å². The molecule has 4 nitrogen and oxygen atoms in total. The largest absolute Gasteiger partial charge is 0.322 e. The zero-order valence-corrected chi connectivity index (χ0v) is 11.0. The minimum Gasteiger partial charge on any atom is -0.322 e. The third kappa shape index (κ3) is 1.48. The van der Waals surface area contributed by atoms with Crippen LogP contribution in [0.1, 0.15) is 56.9 Å². The van der Waals surface area contributed by atoms with Crippen molar-refractivity contribution in [1.82, 2.24) is 14.8 Å². The van der Waals surface area contributed by atoms with E-state index in [-0.39, 0.29) is 6.04 Å². The van der Waals surface area contributed by atoms with Crippen LogP contribution in [0.15, 0.2) is 6.33 Å². The Labute approximate surface area is 108 Å². The molecule has 5 rings (SSSR count). The van der Waals surface area contributed by atoms with Gasteiger partial charge < -0.3 is 10.3 Å². The molecule has 4 aliphatic carbocycles. The molecule has 98 valence electrons. The summed E-state index contributed by atoms with van der Waals surface area (Å²) in [4.78, 5) is 0. The minimum absolute atomic E-state index is 0.00955. The number of hydrogen-bond donors (Lipinski definition) is 1. The van der Waals surface area contributed by atoms with E-state index in [9.17, 15) is 0 Å². The van der Waals surface area contributed by atoms with Gasteiger partial charge in [-0.25, -0.2) is 0 Å². The fraction of sp³-hybridized carbons (Fsp3) is 0.857. The zero-order chi connectivity index (χ0) is 12.3. The van der Waals surface area contributed by atoms with E-state index in [1.54, 1.807) is 0 Å². The van der Waals surface area contributed by atoms with Crippen molar-refractivity contribution in [3.05, 3.63) is 12.2 Å². The molecule has 4 heteroatoms. The number of nitrogens with two attached hydrogens (primary N) is 1. The van der Waals surface area contributed by atoms with Crippen molar-refractivity contribution in [2.45, 2.75) is 51.1 Å². The molecule has 2 N–H and O–H groups in total. The fourth-order valence-corrected chi connectivity index (χ4v) is 5.16. The SMILES string of the molecule is CC(N)c1nncn1C1C2CC3CC(C2)CC1C3. The highest BCUT2D eigenvalue weighted by Crippen LogP contribution is 2.58. The van der Waals surface area contributed by atoms with Gasteiger partial charge in [-0.15, -0.1) is 10.2 Å². The van der Waals surface area contributed by atoms with Gasteiger partial charge in [0, 0.05) is 6.04 Å². The normalized spacial score (nSPS) is 43.3. The monoisotopic (exact) mass is 246 g/mol. The van der Waals surface area contributed by atoms with Crippen LogP contribution >= 0.6 is 0 Å². The quantitative estimate of drug-likeness (QED) is 0.871. The van der Waals surface area contributed by atoms with Gasteiger partial charge in [-0.1, -0.05) is 0 Å². The molecule has 0 radical (unpaired) electrons. The Bertz CT molecular complexity index is 422. The lowest BCUT2D eigenvalue weighted by atomic mass is 9.54. The van der Waals surface area contributed by atoms with Crippen LogP contribution in [0.5, 0.6) is 0 Å². The molecule has 0 aliphatic heterocycles. The van der Waals surface area contributed by atoms with Gasteiger partial charge in [0.2, 0.25) is 0 Å². The van der Waals surface area contributed by atoms with E-state index in [4.69, 9.17) is 5.73 Å². The first-order valence-corrected chi connectivity index (χ1v) is 7.37. The molecule has 1 heterocycles. The summed E-state index contributed by atoms with van der Waals surface area (Å²) in [6, 6.07) is 0.624. The summed E-state index contributed by atoms with van der Waals surface area (Å²) in [5.41, 5.74) is 6.03. The van der Waals surface area contributed by atoms with Crippen molar-refractivity contribution in [2.75, 3.05) is 0 Å². The predicted molar refractivity (Wildman–Crippen MR) is 68.7 cm³/mol. The Hall–Kier alpha value is -0.900. The first-order valence-electron chi connectivity index (χ1n) is 7.37. The van der Waals surface area contributed by atoms with E-state index in [1.807, 2.05) is 13.3 Å². The van der Waals surface area contributed by atoms with E-state index in [1.165, 1.54) is 32.1 Å². The van der Waals surface area contributed by atoms with Crippen LogP contribution in [0.3, 0.4) is 0 Å². The molecule has 1 aromatic rings. The highest BCUT2D eigenvalue weighted by Gasteiger charge is 2.49. The van der Waals surface area contributed by atoms with Gasteiger partial charge in [0.1, 0.15) is 12.2 Å². The predicted octanol–water partition coefficient (Wildman–Crippen LogP) is 2.29. The number of nitrogens with zero attached hydrogens (tertiary/aromatic N) is 3. The molecule has 4 fully saturated rings. The van der Waals surface area contributed by atoms with Crippen molar-refractivity contribution in [3.8, 4) is 0 Å². The molecule has 0 spiro atoms. The summed E-state index contributed by atoms with van der Waals surface area (Å²) < 4.78 is 2.32. The Morgan fingerprint density at radius 3 is 2.33 bits per heavy atom. The average molecular weight is 246 g/mol. The molecular formula is C14H22N4. The molecule has 4 aliphatic rings. The maximum Gasteiger partial charge on any atom is 0.149 e. The lowest BCUT2D eigenvalue weighted by Crippen LogP contribution is -2.46. The fourth-order valence-electron chi connectivity index (χ4n) is 5.16. The molecule has 18 heavy (non-hydrogen) atoms. The molecular weight excluding hydrogens is 224 g/mol. The van der Waals surface area contributed by atoms with Gasteiger partial charge in [-0.2, -0.15) is 0 Å². The van der Waals surface area contributed by atoms with Gasteiger partial charge >= 0.3 is 0 Å². The zero-order valence-electron chi connectivity index (χ0n) is 11.0. The highest BCUT2D eigenvalue weighted by molar-refractivity contribution is 5.05. The second kappa shape index (κ2) is 3.80. The van der Waals surface area contributed by atoms with E-state index in [2.05, 4.69) is 14.8 Å². The highest BCUT2D eigenvalue weighted by atomic mass is 15.3. The number of aromatic nitrogens is 3. The van der Waals surface area contributed by atoms with Crippen LogP contribution in [0.2, 0.25) is 0 Å². The molecule has 1 unspecified atom stereocenters. The molecule has 4 bridgehead atoms. The second-order valence-corrected chi connectivity index (χ2v) is 6.81. The standard InChI is InChI=1S/C14H22N4/c1-8(15)14-17-16-7-18(14)13-11-3-9-2-10(5-11)6-12(13)4-9/h7-13H,2-6,15H2,1H3. The van der Waals surface area contributed by atoms with Crippen LogP contribution in [0.4, 0.5) is 0 Å². The second-order valence-electron chi connectivity index (χ2n) is 6.81. The average Bonchev–Trinajstić information content (AvgIpc) is 2.76. The van der Waals surface area contributed by atoms with Crippen molar-refractivity contribution in [1.29, 1.82) is 0 Å². The lowest BCUT2D eigenvalue weighted by Gasteiger charge is -2.54. The first kappa shape index (κ1) is 11.0. The Morgan fingerprint density at radius 1 is 1.17 bits per heavy atom. The molecule has 0 aromatic carbocycles. The third-order valence-corrected chi connectivity index (χ3v) is 5.51. The van der Waals surface area contributed by atoms with Gasteiger partial charge in [-0.05, 0) is 62.7 Å². The summed E-state index contributed by atoms with van der Waals surface area (Å²) in [7, 11) is 0. The van der Waals surface area contributed by atoms with Crippen molar-refractivity contribution in [3.63, 3.8) is 0 Å². The van der Waals surface area contributed by atoms with Gasteiger partial charge in [-0.3, -0.25) is 0 Å². The van der Waals surface area contributed by atoms with Crippen molar-refractivity contribution in [2.24, 2.45) is 29.4 Å². The lowest BCUT2D eigenvalue weighted by molar-refractivity contribution is -0.0304. The summed E-state index contributed by atoms with van der Waals surface area (Å²) >= 11 is 0. The van der Waals surface area contributed by atoms with E-state index < -0.39 is 0 Å². The van der Waals surface area contributed by atoms with Gasteiger partial charge in [0.05, 0.1) is 6.04 Å². The van der Waals surface area contributed by atoms with Crippen molar-refractivity contribution >= 4 is 0 Å². The Morgan fingerprint density at radius 2 is 1.78 bits per heavy atom. The van der Waals surface area contributed by atoms with Gasteiger partial charge in [0.15, 0.2) is 0 Å². The Kier molecular flexibility index (Phi) is 2.31. The number of hydrogen-bond acceptors (Lipinski definition) is 3. The van der Waals surface area contributed by atoms with E-state index >= 15 is 0 Å². The Balaban J connectivity index is 1.70. The molecule has 0 amide bonds. The van der Waals surface area contributed by atoms with E-state index in [0.29, 0.717) is 6.04 Å². The third-order valence-electron chi connectivity index (χ3n) is 5.51. The maximum absolute atomic E-state index is 6.03. The van der Waals surface area contributed by atoms with Crippen LogP contribution in [-0.2, 0) is 0 Å². The molecule has 1 atom stereocenters. The van der Waals surface area contributed by atoms with Gasteiger partial charge in [0.25, 0.3) is 0 Å². The summed E-state index contributed by atoms with van der Waals surface area (Å²) in [5.74, 6) is 4.72. The summed E-state index contributed by atoms with van der Waals surface area (Å²) in [6.07, 6.45) is 9.12. The van der Waals surface area contributed by atoms with Crippen LogP contribution in [0.25, 0.3) is 0 Å². The number of rotatable bonds is 2. The summed E-state index contributed by atoms with van der Waals surface area (Å²) in [6.45, 7) is 2.01. The van der Waals surface area contributed by atoms with Crippen LogP contribution in [0, 0.1) is 23.7 Å². The molecule has 0 saturated heterocycles. The van der Waals surface area contributed by atoms with Crippen LogP contribution in [-0.4, -0.2) is 14.8 Å². The maximum atomic E-state index is 6.03. The van der Waals surface area contributed by atoms with Crippen molar-refractivity contribution < 1.29 is 0 Å². The molecule has 1 aromatic heterocycles. The summed E-state index contributed by atoms with van der Waals surface area (Å²) in [5, 5.41) is 8.35. The minimum atomic E-state index is -0.00955. The first-order chi connectivity index (χ1) is 8.72. The molecule has 4 saturated carbocycles.